The van der Waals surface area contributed by atoms with Crippen LogP contribution < -0.4 is 0 Å². The molecule has 3 unspecified atom stereocenters. The molecular weight excluding hydrogens is 409 g/mol. The van der Waals surface area contributed by atoms with Gasteiger partial charge in [-0.1, -0.05) is 42.3 Å². The highest BCUT2D eigenvalue weighted by Gasteiger charge is 2.42. The monoisotopic (exact) mass is 427 g/mol. The van der Waals surface area contributed by atoms with Gasteiger partial charge in [0.05, 0.1) is 11.8 Å². The summed E-state index contributed by atoms with van der Waals surface area (Å²) in [6.45, 7) is 3.90. The van der Waals surface area contributed by atoms with Gasteiger partial charge in [0, 0.05) is 28.6 Å². The number of carbonyl (C=O) groups is 1. The van der Waals surface area contributed by atoms with Gasteiger partial charge in [0.2, 0.25) is 0 Å². The van der Waals surface area contributed by atoms with Crippen molar-refractivity contribution in [3.63, 3.8) is 0 Å². The van der Waals surface area contributed by atoms with Gasteiger partial charge in [0.1, 0.15) is 17.9 Å². The summed E-state index contributed by atoms with van der Waals surface area (Å²) in [5.41, 5.74) is 2.94. The van der Waals surface area contributed by atoms with Crippen molar-refractivity contribution in [1.29, 1.82) is 5.26 Å². The highest BCUT2D eigenvalue weighted by atomic mass is 35.5. The molecule has 2 heterocycles. The Balaban J connectivity index is 1.67. The van der Waals surface area contributed by atoms with Gasteiger partial charge in [-0.25, -0.2) is 0 Å². The summed E-state index contributed by atoms with van der Waals surface area (Å²) in [6.07, 6.45) is 4.26. The molecule has 0 saturated heterocycles. The van der Waals surface area contributed by atoms with Crippen LogP contribution in [0.4, 0.5) is 0 Å². The van der Waals surface area contributed by atoms with Crippen LogP contribution in [0.15, 0.2) is 44.9 Å². The number of benzene rings is 1. The van der Waals surface area contributed by atoms with E-state index < -0.39 is 12.2 Å². The molecule has 6 nitrogen and oxygen atoms in total. The Morgan fingerprint density at radius 3 is 2.83 bits per heavy atom. The molecular formula is C21H19Cl2N5O. The molecule has 8 heteroatoms. The largest absolute Gasteiger partial charge is 0.299 e. The van der Waals surface area contributed by atoms with Crippen LogP contribution in [0.5, 0.6) is 0 Å². The van der Waals surface area contributed by atoms with E-state index in [0.29, 0.717) is 28.6 Å². The topological polar surface area (TPSA) is 81.2 Å². The average molecular weight is 428 g/mol. The minimum Gasteiger partial charge on any atom is -0.299 e. The second kappa shape index (κ2) is 7.74. The number of hydrogen-bond acceptors (Lipinski definition) is 6. The fraction of sp³-hybridized carbons (Fsp3) is 0.381. The van der Waals surface area contributed by atoms with Crippen LogP contribution in [-0.4, -0.2) is 40.6 Å². The maximum Gasteiger partial charge on any atom is 0.167 e. The van der Waals surface area contributed by atoms with E-state index in [9.17, 15) is 10.1 Å². The van der Waals surface area contributed by atoms with Crippen LogP contribution in [0.2, 0.25) is 10.0 Å². The summed E-state index contributed by atoms with van der Waals surface area (Å²) in [4.78, 5) is 21.3. The first-order chi connectivity index (χ1) is 13.9. The number of aliphatic imine (C=N–C) groups is 2. The molecule has 0 fully saturated rings. The lowest BCUT2D eigenvalue weighted by Gasteiger charge is -2.31. The van der Waals surface area contributed by atoms with E-state index in [-0.39, 0.29) is 17.7 Å². The minimum atomic E-state index is -0.444. The Labute approximate surface area is 179 Å². The molecule has 0 saturated carbocycles. The molecule has 4 atom stereocenters. The molecule has 0 amide bonds. The van der Waals surface area contributed by atoms with E-state index in [1.165, 1.54) is 0 Å². The van der Waals surface area contributed by atoms with Crippen molar-refractivity contribution in [3.05, 3.63) is 45.5 Å². The summed E-state index contributed by atoms with van der Waals surface area (Å²) in [7, 11) is 0. The number of halogens is 2. The van der Waals surface area contributed by atoms with Gasteiger partial charge in [0.15, 0.2) is 11.9 Å². The van der Waals surface area contributed by atoms with Crippen LogP contribution in [0.25, 0.3) is 0 Å². The molecule has 29 heavy (non-hydrogen) atoms. The van der Waals surface area contributed by atoms with E-state index in [4.69, 9.17) is 28.2 Å². The number of ketones is 1. The molecule has 3 aliphatic rings. The lowest BCUT2D eigenvalue weighted by molar-refractivity contribution is -0.121. The van der Waals surface area contributed by atoms with Crippen molar-refractivity contribution < 1.29 is 4.79 Å². The zero-order chi connectivity index (χ0) is 20.7. The molecule has 1 aliphatic carbocycles. The number of nitrogens with zero attached hydrogens (tertiary/aromatic N) is 5. The Kier molecular flexibility index (Phi) is 5.28. The quantitative estimate of drug-likeness (QED) is 0.716. The molecule has 0 N–H and O–H groups in total. The van der Waals surface area contributed by atoms with Crippen molar-refractivity contribution in [2.24, 2.45) is 21.0 Å². The smallest absolute Gasteiger partial charge is 0.167 e. The molecule has 1 aromatic rings. The first-order valence-corrected chi connectivity index (χ1v) is 10.2. The number of allylic oxidation sites excluding steroid dienone is 2. The van der Waals surface area contributed by atoms with E-state index >= 15 is 0 Å². The summed E-state index contributed by atoms with van der Waals surface area (Å²) in [5.74, 6) is 0.213. The third-order valence-corrected chi connectivity index (χ3v) is 6.13. The number of fused-ring (bicyclic) bond motifs is 1. The number of Topliss-reactive ketones (excluding diaryl/α,β-unsaturated/α-hetero) is 1. The van der Waals surface area contributed by atoms with Crippen molar-refractivity contribution in [2.75, 3.05) is 0 Å². The maximum absolute atomic E-state index is 11.8. The molecule has 2 aliphatic heterocycles. The van der Waals surface area contributed by atoms with Gasteiger partial charge in [0.25, 0.3) is 0 Å². The van der Waals surface area contributed by atoms with E-state index in [1.54, 1.807) is 23.4 Å². The first-order valence-electron chi connectivity index (χ1n) is 9.44. The zero-order valence-corrected chi connectivity index (χ0v) is 17.5. The maximum atomic E-state index is 11.8. The predicted molar refractivity (Wildman–Crippen MR) is 115 cm³/mol. The van der Waals surface area contributed by atoms with Gasteiger partial charge in [-0.15, -0.1) is 0 Å². The molecule has 148 valence electrons. The summed E-state index contributed by atoms with van der Waals surface area (Å²) in [5, 5.41) is 16.9. The highest BCUT2D eigenvalue weighted by Crippen LogP contribution is 2.36. The lowest BCUT2D eigenvalue weighted by Crippen LogP contribution is -2.40. The van der Waals surface area contributed by atoms with Crippen molar-refractivity contribution in [3.8, 4) is 6.07 Å². The first kappa shape index (κ1) is 19.8. The number of nitriles is 1. The van der Waals surface area contributed by atoms with Gasteiger partial charge in [-0.2, -0.15) is 10.4 Å². The summed E-state index contributed by atoms with van der Waals surface area (Å²) in [6, 6.07) is 6.80. The zero-order valence-electron chi connectivity index (χ0n) is 16.0. The van der Waals surface area contributed by atoms with Crippen LogP contribution in [0, 0.1) is 17.2 Å². The fourth-order valence-corrected chi connectivity index (χ4v) is 4.41. The standard InChI is InChI=1S/C21H19Cl2N5O/c1-11-7-13(3-6-19(11)29)18-10-25-20-17(9-24)27-28(21(20)26-18)12(2)15-5-4-14(22)8-16(15)23/h3-5,8,10-12,20-21H,6-7H2,1-2H3/t11?,12-,20?,21?/m1/s1. The van der Waals surface area contributed by atoms with Crippen LogP contribution in [-0.2, 0) is 4.79 Å². The molecule has 0 radical (unpaired) electrons. The number of rotatable bonds is 3. The summed E-state index contributed by atoms with van der Waals surface area (Å²) < 4.78 is 0. The number of carbonyl (C=O) groups excluding carboxylic acids is 1. The lowest BCUT2D eigenvalue weighted by atomic mass is 9.87. The molecule has 4 rings (SSSR count). The van der Waals surface area contributed by atoms with Crippen LogP contribution >= 0.6 is 23.2 Å². The molecule has 0 spiro atoms. The molecule has 0 bridgehead atoms. The van der Waals surface area contributed by atoms with E-state index in [1.807, 2.05) is 26.0 Å². The van der Waals surface area contributed by atoms with Crippen molar-refractivity contribution in [1.82, 2.24) is 5.01 Å². The second-order valence-electron chi connectivity index (χ2n) is 7.47. The van der Waals surface area contributed by atoms with Crippen LogP contribution in [0.3, 0.4) is 0 Å². The third-order valence-electron chi connectivity index (χ3n) is 5.56. The Hall–Kier alpha value is -2.49. The fourth-order valence-electron chi connectivity index (χ4n) is 3.85. The van der Waals surface area contributed by atoms with Crippen molar-refractivity contribution >= 4 is 46.6 Å². The Morgan fingerprint density at radius 1 is 1.34 bits per heavy atom. The highest BCUT2D eigenvalue weighted by molar-refractivity contribution is 6.39. The molecule has 1 aromatic carbocycles. The Morgan fingerprint density at radius 2 is 2.14 bits per heavy atom. The van der Waals surface area contributed by atoms with Gasteiger partial charge < -0.3 is 0 Å². The van der Waals surface area contributed by atoms with Gasteiger partial charge >= 0.3 is 0 Å². The minimum absolute atomic E-state index is 0.0266. The SMILES string of the molecule is CC1CC(C2=NC3C(N=C2)C(C#N)=NN3[C@H](C)c2ccc(Cl)cc2Cl)=CCC1=O. The predicted octanol–water partition coefficient (Wildman–Crippen LogP) is 4.40. The Bertz CT molecular complexity index is 1040. The van der Waals surface area contributed by atoms with E-state index in [0.717, 1.165) is 16.8 Å². The third kappa shape index (κ3) is 3.61. The second-order valence-corrected chi connectivity index (χ2v) is 8.32. The number of hydrogen-bond donors (Lipinski definition) is 0. The normalized spacial score (nSPS) is 27.0. The van der Waals surface area contributed by atoms with Crippen molar-refractivity contribution in [2.45, 2.75) is 44.9 Å². The molecule has 0 aromatic heterocycles. The number of hydrazone groups is 1. The van der Waals surface area contributed by atoms with E-state index in [2.05, 4.69) is 16.2 Å². The van der Waals surface area contributed by atoms with Gasteiger partial charge in [-0.05, 0) is 36.6 Å². The summed E-state index contributed by atoms with van der Waals surface area (Å²) >= 11 is 12.4. The van der Waals surface area contributed by atoms with Crippen LogP contribution in [0.1, 0.15) is 38.3 Å². The average Bonchev–Trinajstić information content (AvgIpc) is 3.07. The van der Waals surface area contributed by atoms with Gasteiger partial charge in [-0.3, -0.25) is 19.8 Å².